The molecular weight excluding hydrogens is 1050 g/mol. The SMILES string of the molecule is CC(C)C[C@@H]1NC(=O)[C@H](CCCN)NC(=O)[C@H](C(C)C)NC(=O)[C@@H]2CCCN2C(=O)/C(=C/c2cccnc2)NC(=O)[C@H](CC(C)C)NC(=O)[C@H](CCCN)NC(=O)[C@H](C(C)C)NC(=O)[C@@H]2CCCN2C(=O)/C(=C/c2cccnc2)NC1=O. The first-order chi connectivity index (χ1) is 39.0. The molecule has 12 N–H and O–H groups in total. The van der Waals surface area contributed by atoms with E-state index in [4.69, 9.17) is 11.5 Å². The monoisotopic (exact) mass is 1140 g/mol. The van der Waals surface area contributed by atoms with Gasteiger partial charge in [0.2, 0.25) is 47.3 Å². The van der Waals surface area contributed by atoms with Crippen molar-refractivity contribution in [3.05, 3.63) is 71.6 Å². The zero-order valence-corrected chi connectivity index (χ0v) is 48.6. The average molecular weight is 1140 g/mol. The van der Waals surface area contributed by atoms with Gasteiger partial charge in [0, 0.05) is 37.9 Å². The number of nitrogens with one attached hydrogen (secondary N) is 8. The molecule has 82 heavy (non-hydrogen) atoms. The van der Waals surface area contributed by atoms with Crippen molar-refractivity contribution in [1.29, 1.82) is 0 Å². The van der Waals surface area contributed by atoms with Crippen LogP contribution in [0.3, 0.4) is 0 Å². The molecule has 0 radical (unpaired) electrons. The van der Waals surface area contributed by atoms with Crippen molar-refractivity contribution < 1.29 is 47.9 Å². The maximum atomic E-state index is 14.8. The molecule has 3 aliphatic rings. The molecule has 3 saturated heterocycles. The Morgan fingerprint density at radius 1 is 0.500 bits per heavy atom. The molecule has 3 fully saturated rings. The summed E-state index contributed by atoms with van der Waals surface area (Å²) in [6.07, 6.45) is 10.8. The molecule has 5 rings (SSSR count). The van der Waals surface area contributed by atoms with E-state index in [1.165, 1.54) is 46.7 Å². The summed E-state index contributed by atoms with van der Waals surface area (Å²) in [5.41, 5.74) is 12.2. The zero-order valence-electron chi connectivity index (χ0n) is 48.6. The van der Waals surface area contributed by atoms with Crippen LogP contribution in [0.25, 0.3) is 12.2 Å². The van der Waals surface area contributed by atoms with E-state index in [9.17, 15) is 47.9 Å². The highest BCUT2D eigenvalue weighted by Gasteiger charge is 2.42. The van der Waals surface area contributed by atoms with Crippen molar-refractivity contribution in [1.82, 2.24) is 62.3 Å². The van der Waals surface area contributed by atoms with Crippen LogP contribution in [0.4, 0.5) is 0 Å². The summed E-state index contributed by atoms with van der Waals surface area (Å²) in [6.45, 7) is 14.7. The Morgan fingerprint density at radius 3 is 1.18 bits per heavy atom. The highest BCUT2D eigenvalue weighted by molar-refractivity contribution is 6.06. The molecule has 0 unspecified atom stereocenters. The summed E-state index contributed by atoms with van der Waals surface area (Å²) in [7, 11) is 0. The summed E-state index contributed by atoms with van der Waals surface area (Å²) in [5, 5.41) is 22.3. The largest absolute Gasteiger partial charge is 0.343 e. The van der Waals surface area contributed by atoms with Gasteiger partial charge in [-0.25, -0.2) is 0 Å². The van der Waals surface area contributed by atoms with Crippen molar-refractivity contribution in [2.75, 3.05) is 26.2 Å². The van der Waals surface area contributed by atoms with Crippen molar-refractivity contribution >= 4 is 71.2 Å². The van der Waals surface area contributed by atoms with Crippen LogP contribution in [-0.4, -0.2) is 153 Å². The number of carbonyl (C=O) groups is 10. The predicted octanol–water partition coefficient (Wildman–Crippen LogP) is 0.877. The van der Waals surface area contributed by atoms with Gasteiger partial charge in [0.05, 0.1) is 0 Å². The van der Waals surface area contributed by atoms with Gasteiger partial charge < -0.3 is 63.8 Å². The molecule has 2 aromatic rings. The lowest BCUT2D eigenvalue weighted by Crippen LogP contribution is -2.60. The van der Waals surface area contributed by atoms with Crippen molar-refractivity contribution in [3.8, 4) is 0 Å². The maximum Gasteiger partial charge on any atom is 0.271 e. The molecule has 24 nitrogen and oxygen atoms in total. The normalized spacial score (nSPS) is 25.8. The molecule has 0 aromatic carbocycles. The molecule has 2 aromatic heterocycles. The van der Waals surface area contributed by atoms with Crippen molar-refractivity contribution in [2.45, 2.75) is 168 Å². The molecule has 5 heterocycles. The minimum absolute atomic E-state index is 0.0461. The lowest BCUT2D eigenvalue weighted by atomic mass is 10.00. The van der Waals surface area contributed by atoms with Gasteiger partial charge in [0.15, 0.2) is 0 Å². The predicted molar refractivity (Wildman–Crippen MR) is 307 cm³/mol. The third kappa shape index (κ3) is 18.7. The van der Waals surface area contributed by atoms with E-state index in [0.717, 1.165) is 0 Å². The second kappa shape index (κ2) is 31.6. The van der Waals surface area contributed by atoms with Crippen molar-refractivity contribution in [2.24, 2.45) is 35.1 Å². The Kier molecular flexibility index (Phi) is 25.1. The second-order valence-electron chi connectivity index (χ2n) is 22.8. The summed E-state index contributed by atoms with van der Waals surface area (Å²) >= 11 is 0. The fraction of sp³-hybridized carbons (Fsp3) is 0.586. The Labute approximate surface area is 480 Å². The van der Waals surface area contributed by atoms with Crippen LogP contribution in [0.2, 0.25) is 0 Å². The van der Waals surface area contributed by atoms with Crippen LogP contribution in [0, 0.1) is 23.7 Å². The van der Waals surface area contributed by atoms with E-state index < -0.39 is 119 Å². The molecule has 0 bridgehead atoms. The lowest BCUT2D eigenvalue weighted by molar-refractivity contribution is -0.139. The maximum absolute atomic E-state index is 14.8. The van der Waals surface area contributed by atoms with Crippen LogP contribution in [-0.2, 0) is 47.9 Å². The van der Waals surface area contributed by atoms with Crippen LogP contribution in [0.1, 0.15) is 131 Å². The van der Waals surface area contributed by atoms with Gasteiger partial charge in [0.25, 0.3) is 11.8 Å². The Bertz CT molecular complexity index is 2450. The minimum Gasteiger partial charge on any atom is -0.343 e. The first-order valence-electron chi connectivity index (χ1n) is 28.7. The number of pyridine rings is 2. The number of amides is 10. The molecule has 448 valence electrons. The van der Waals surface area contributed by atoms with Gasteiger partial charge >= 0.3 is 0 Å². The fourth-order valence-electron chi connectivity index (χ4n) is 10.1. The van der Waals surface area contributed by atoms with Gasteiger partial charge in [-0.05, 0) is 136 Å². The second-order valence-corrected chi connectivity index (χ2v) is 22.8. The fourth-order valence-corrected chi connectivity index (χ4v) is 10.1. The number of carbonyl (C=O) groups excluding carboxylic acids is 10. The number of hydrogen-bond acceptors (Lipinski definition) is 14. The molecule has 24 heteroatoms. The Morgan fingerprint density at radius 2 is 0.866 bits per heavy atom. The number of nitrogens with two attached hydrogens (primary N) is 2. The standard InChI is InChI=1S/C58H86N14O10/c1-33(2)27-41-51(75)67-43(29-37-15-11-23-61-31-37)57(81)71-25-13-19-45(71)53(77)70-48(36(7)8)56(80)64-40(18-10-22-60)50(74)66-42(28-34(3)4)52(76)68-44(30-38-16-12-24-62-32-38)58(82)72-26-14-20-46(72)54(78)69-47(35(5)6)55(79)63-39(17-9-21-59)49(73)65-41/h11-12,15-16,23-24,29-36,39-42,45-48H,9-10,13-14,17-22,25-28,59-60H2,1-8H3,(H,63,79)(H,64,80)(H,65,73)(H,66,74)(H,67,75)(H,68,76)(H,69,78)(H,70,77)/b43-29-,44-30-/t39-,40-,41-,42-,45-,46-,47-,48-/m0/s1. The Hall–Kier alpha value is -7.60. The molecular formula is C58H86N14O10. The Balaban J connectivity index is 1.61. The van der Waals surface area contributed by atoms with Crippen LogP contribution >= 0.6 is 0 Å². The molecule has 0 saturated carbocycles. The molecule has 0 aliphatic carbocycles. The van der Waals surface area contributed by atoms with Gasteiger partial charge in [-0.3, -0.25) is 57.9 Å². The molecule has 10 amide bonds. The van der Waals surface area contributed by atoms with Crippen LogP contribution < -0.4 is 54.0 Å². The topological polar surface area (TPSA) is 351 Å². The summed E-state index contributed by atoms with van der Waals surface area (Å²) < 4.78 is 0. The van der Waals surface area contributed by atoms with Gasteiger partial charge in [-0.2, -0.15) is 0 Å². The first-order valence-corrected chi connectivity index (χ1v) is 28.7. The number of rotatable bonds is 14. The smallest absolute Gasteiger partial charge is 0.271 e. The summed E-state index contributed by atoms with van der Waals surface area (Å²) in [5.74, 6) is -8.67. The van der Waals surface area contributed by atoms with E-state index in [2.05, 4.69) is 52.5 Å². The van der Waals surface area contributed by atoms with Gasteiger partial charge in [-0.1, -0.05) is 67.5 Å². The number of fused-ring (bicyclic) bond motifs is 2. The van der Waals surface area contributed by atoms with E-state index in [1.54, 1.807) is 52.0 Å². The van der Waals surface area contributed by atoms with E-state index in [0.29, 0.717) is 24.0 Å². The number of aromatic nitrogens is 2. The average Bonchev–Trinajstić information content (AvgIpc) is 4.16. The third-order valence-corrected chi connectivity index (χ3v) is 14.4. The number of nitrogens with zero attached hydrogens (tertiary/aromatic N) is 4. The lowest BCUT2D eigenvalue weighted by Gasteiger charge is -2.31. The zero-order chi connectivity index (χ0) is 60.2. The van der Waals surface area contributed by atoms with Gasteiger partial charge in [0.1, 0.15) is 59.7 Å². The molecule has 0 spiro atoms. The highest BCUT2D eigenvalue weighted by atomic mass is 16.2. The van der Waals surface area contributed by atoms with Crippen molar-refractivity contribution in [3.63, 3.8) is 0 Å². The van der Waals surface area contributed by atoms with E-state index in [1.807, 2.05) is 27.7 Å². The van der Waals surface area contributed by atoms with Gasteiger partial charge in [-0.15, -0.1) is 0 Å². The third-order valence-electron chi connectivity index (χ3n) is 14.4. The van der Waals surface area contributed by atoms with Crippen LogP contribution in [0.5, 0.6) is 0 Å². The molecule has 8 atom stereocenters. The first kappa shape index (κ1) is 65.2. The van der Waals surface area contributed by atoms with Crippen LogP contribution in [0.15, 0.2) is 60.4 Å². The highest BCUT2D eigenvalue weighted by Crippen LogP contribution is 2.24. The summed E-state index contributed by atoms with van der Waals surface area (Å²) in [4.78, 5) is 156. The number of hydrogen-bond donors (Lipinski definition) is 10. The van der Waals surface area contributed by atoms with E-state index >= 15 is 0 Å². The quantitative estimate of drug-likeness (QED) is 0.118. The minimum atomic E-state index is -1.26. The van der Waals surface area contributed by atoms with E-state index in [-0.39, 0.29) is 101 Å². The molecule has 3 aliphatic heterocycles. The summed E-state index contributed by atoms with van der Waals surface area (Å²) in [6, 6.07) is -3.10.